The van der Waals surface area contributed by atoms with Crippen LogP contribution in [0.15, 0.2) is 6.20 Å². The first-order valence-electron chi connectivity index (χ1n) is 4.65. The third-order valence-electron chi connectivity index (χ3n) is 2.16. The average Bonchev–Trinajstić information content (AvgIpc) is 2.46. The van der Waals surface area contributed by atoms with Gasteiger partial charge in [0.05, 0.1) is 11.8 Å². The van der Waals surface area contributed by atoms with Crippen LogP contribution in [-0.4, -0.2) is 15.6 Å². The Bertz CT molecular complexity index is 313. The van der Waals surface area contributed by atoms with Crippen LogP contribution in [0.5, 0.6) is 0 Å². The number of hydrogen-bond acceptors (Lipinski definition) is 2. The molecule has 0 N–H and O–H groups in total. The molecule has 0 saturated heterocycles. The summed E-state index contributed by atoms with van der Waals surface area (Å²) in [4.78, 5) is 11.4. The molecule has 0 aliphatic rings. The van der Waals surface area contributed by atoms with Crippen molar-refractivity contribution in [2.24, 2.45) is 0 Å². The van der Waals surface area contributed by atoms with Gasteiger partial charge in [0, 0.05) is 18.2 Å². The van der Waals surface area contributed by atoms with Crippen molar-refractivity contribution in [3.8, 4) is 0 Å². The van der Waals surface area contributed by atoms with E-state index in [0.29, 0.717) is 12.5 Å². The van der Waals surface area contributed by atoms with Gasteiger partial charge in [-0.15, -0.1) is 0 Å². The topological polar surface area (TPSA) is 34.9 Å². The molecule has 1 aromatic heterocycles. The lowest BCUT2D eigenvalue weighted by Crippen LogP contribution is -2.06. The van der Waals surface area contributed by atoms with Crippen LogP contribution in [0.3, 0.4) is 0 Å². The summed E-state index contributed by atoms with van der Waals surface area (Å²) in [5.74, 6) is 0.171. The van der Waals surface area contributed by atoms with E-state index in [9.17, 15) is 4.79 Å². The van der Waals surface area contributed by atoms with Gasteiger partial charge in [-0.3, -0.25) is 9.48 Å². The molecular weight excluding hydrogens is 164 g/mol. The predicted octanol–water partition coefficient (Wildman–Crippen LogP) is 2.37. The second kappa shape index (κ2) is 3.73. The van der Waals surface area contributed by atoms with E-state index >= 15 is 0 Å². The highest BCUT2D eigenvalue weighted by molar-refractivity contribution is 5.96. The van der Waals surface area contributed by atoms with Gasteiger partial charge in [0.1, 0.15) is 0 Å². The molecule has 0 bridgehead atoms. The van der Waals surface area contributed by atoms with Crippen LogP contribution in [0.2, 0.25) is 0 Å². The lowest BCUT2D eigenvalue weighted by Gasteiger charge is -2.07. The van der Waals surface area contributed by atoms with Crippen LogP contribution in [0, 0.1) is 6.92 Å². The molecule has 0 saturated carbocycles. The largest absolute Gasteiger partial charge is 0.294 e. The summed E-state index contributed by atoms with van der Waals surface area (Å²) < 4.78 is 1.88. The molecule has 0 aliphatic carbocycles. The average molecular weight is 180 g/mol. The van der Waals surface area contributed by atoms with Gasteiger partial charge >= 0.3 is 0 Å². The highest BCUT2D eigenvalue weighted by atomic mass is 16.1. The van der Waals surface area contributed by atoms with Gasteiger partial charge in [-0.1, -0.05) is 6.92 Å². The molecule has 0 spiro atoms. The van der Waals surface area contributed by atoms with Gasteiger partial charge in [-0.05, 0) is 20.8 Å². The third-order valence-corrected chi connectivity index (χ3v) is 2.16. The second-order valence-electron chi connectivity index (χ2n) is 3.46. The first-order valence-corrected chi connectivity index (χ1v) is 4.65. The summed E-state index contributed by atoms with van der Waals surface area (Å²) >= 11 is 0. The summed E-state index contributed by atoms with van der Waals surface area (Å²) in [6.45, 7) is 7.92. The number of hydrogen-bond donors (Lipinski definition) is 0. The molecule has 13 heavy (non-hydrogen) atoms. The normalized spacial score (nSPS) is 10.8. The smallest absolute Gasteiger partial charge is 0.166 e. The predicted molar refractivity (Wildman–Crippen MR) is 52.0 cm³/mol. The van der Waals surface area contributed by atoms with E-state index < -0.39 is 0 Å². The van der Waals surface area contributed by atoms with Crippen molar-refractivity contribution in [3.63, 3.8) is 0 Å². The minimum absolute atomic E-state index is 0.171. The van der Waals surface area contributed by atoms with Gasteiger partial charge < -0.3 is 0 Å². The molecule has 0 amide bonds. The SMILES string of the molecule is CCC(=O)c1cnn(C(C)C)c1C. The van der Waals surface area contributed by atoms with Crippen molar-refractivity contribution in [3.05, 3.63) is 17.5 Å². The zero-order valence-electron chi connectivity index (χ0n) is 8.66. The lowest BCUT2D eigenvalue weighted by atomic mass is 10.1. The molecule has 0 radical (unpaired) electrons. The Morgan fingerprint density at radius 3 is 2.62 bits per heavy atom. The van der Waals surface area contributed by atoms with Gasteiger partial charge in [0.2, 0.25) is 0 Å². The quantitative estimate of drug-likeness (QED) is 0.669. The number of rotatable bonds is 3. The zero-order chi connectivity index (χ0) is 10.0. The van der Waals surface area contributed by atoms with Crippen molar-refractivity contribution in [2.75, 3.05) is 0 Å². The second-order valence-corrected chi connectivity index (χ2v) is 3.46. The molecule has 0 unspecified atom stereocenters. The van der Waals surface area contributed by atoms with Crippen LogP contribution < -0.4 is 0 Å². The summed E-state index contributed by atoms with van der Waals surface area (Å²) in [5.41, 5.74) is 1.73. The molecule has 0 atom stereocenters. The van der Waals surface area contributed by atoms with Crippen LogP contribution in [0.4, 0.5) is 0 Å². The monoisotopic (exact) mass is 180 g/mol. The third kappa shape index (κ3) is 1.79. The minimum atomic E-state index is 0.171. The molecule has 3 nitrogen and oxygen atoms in total. The van der Waals surface area contributed by atoms with E-state index in [1.165, 1.54) is 0 Å². The Balaban J connectivity index is 3.06. The molecule has 0 aromatic carbocycles. The Hall–Kier alpha value is -1.12. The molecule has 3 heteroatoms. The molecule has 1 rings (SSSR count). The maximum atomic E-state index is 11.4. The molecule has 1 aromatic rings. The van der Waals surface area contributed by atoms with Crippen molar-refractivity contribution in [1.29, 1.82) is 0 Å². The van der Waals surface area contributed by atoms with Crippen LogP contribution in [0.25, 0.3) is 0 Å². The highest BCUT2D eigenvalue weighted by Crippen LogP contribution is 2.13. The Labute approximate surface area is 78.8 Å². The number of Topliss-reactive ketones (excluding diaryl/α,β-unsaturated/α-hetero) is 1. The van der Waals surface area contributed by atoms with E-state index in [1.807, 2.05) is 18.5 Å². The highest BCUT2D eigenvalue weighted by Gasteiger charge is 2.13. The maximum absolute atomic E-state index is 11.4. The van der Waals surface area contributed by atoms with E-state index in [-0.39, 0.29) is 5.78 Å². The minimum Gasteiger partial charge on any atom is -0.294 e. The number of aromatic nitrogens is 2. The van der Waals surface area contributed by atoms with Crippen molar-refractivity contribution >= 4 is 5.78 Å². The number of ketones is 1. The van der Waals surface area contributed by atoms with Crippen molar-refractivity contribution < 1.29 is 4.79 Å². The van der Waals surface area contributed by atoms with E-state index in [0.717, 1.165) is 11.3 Å². The van der Waals surface area contributed by atoms with E-state index in [4.69, 9.17) is 0 Å². The molecule has 72 valence electrons. The molecule has 0 fully saturated rings. The Morgan fingerprint density at radius 2 is 2.23 bits per heavy atom. The molecule has 0 aliphatic heterocycles. The number of carbonyl (C=O) groups excluding carboxylic acids is 1. The fourth-order valence-electron chi connectivity index (χ4n) is 1.41. The summed E-state index contributed by atoms with van der Waals surface area (Å²) in [6, 6.07) is 0.318. The summed E-state index contributed by atoms with van der Waals surface area (Å²) in [5, 5.41) is 4.18. The first-order chi connectivity index (χ1) is 6.07. The van der Waals surface area contributed by atoms with E-state index in [2.05, 4.69) is 18.9 Å². The fourth-order valence-corrected chi connectivity index (χ4v) is 1.41. The van der Waals surface area contributed by atoms with E-state index in [1.54, 1.807) is 6.20 Å². The van der Waals surface area contributed by atoms with Gasteiger partial charge in [0.15, 0.2) is 5.78 Å². The van der Waals surface area contributed by atoms with Crippen LogP contribution >= 0.6 is 0 Å². The number of nitrogens with zero attached hydrogens (tertiary/aromatic N) is 2. The Morgan fingerprint density at radius 1 is 1.62 bits per heavy atom. The summed E-state index contributed by atoms with van der Waals surface area (Å²) in [6.07, 6.45) is 2.21. The fraction of sp³-hybridized carbons (Fsp3) is 0.600. The lowest BCUT2D eigenvalue weighted by molar-refractivity contribution is 0.0987. The van der Waals surface area contributed by atoms with Crippen molar-refractivity contribution in [1.82, 2.24) is 9.78 Å². The molecule has 1 heterocycles. The standard InChI is InChI=1S/C10H16N2O/c1-5-10(13)9-6-11-12(7(2)3)8(9)4/h6-7H,5H2,1-4H3. The van der Waals surface area contributed by atoms with Gasteiger partial charge in [0.25, 0.3) is 0 Å². The summed E-state index contributed by atoms with van der Waals surface area (Å²) in [7, 11) is 0. The van der Waals surface area contributed by atoms with Crippen molar-refractivity contribution in [2.45, 2.75) is 40.2 Å². The Kier molecular flexibility index (Phi) is 2.86. The van der Waals surface area contributed by atoms with Gasteiger partial charge in [-0.2, -0.15) is 5.10 Å². The first kappa shape index (κ1) is 9.96. The van der Waals surface area contributed by atoms with Crippen LogP contribution in [0.1, 0.15) is 49.3 Å². The van der Waals surface area contributed by atoms with Crippen LogP contribution in [-0.2, 0) is 0 Å². The molecular formula is C10H16N2O. The van der Waals surface area contributed by atoms with Gasteiger partial charge in [-0.25, -0.2) is 0 Å². The number of carbonyl (C=O) groups is 1. The zero-order valence-corrected chi connectivity index (χ0v) is 8.66. The maximum Gasteiger partial charge on any atom is 0.166 e.